The number of hydrogen-bond donors (Lipinski definition) is 2. The van der Waals surface area contributed by atoms with Crippen molar-refractivity contribution in [2.45, 2.75) is 6.54 Å². The highest BCUT2D eigenvalue weighted by Gasteiger charge is 1.99. The lowest BCUT2D eigenvalue weighted by atomic mass is 10.2. The summed E-state index contributed by atoms with van der Waals surface area (Å²) in [6, 6.07) is 6.88. The molecule has 0 aliphatic carbocycles. The highest BCUT2D eigenvalue weighted by molar-refractivity contribution is 5.68. The average Bonchev–Trinajstić information content (AvgIpc) is 2.24. The second kappa shape index (κ2) is 5.64. The third kappa shape index (κ3) is 4.12. The third-order valence-electron chi connectivity index (χ3n) is 1.65. The highest BCUT2D eigenvalue weighted by atomic mass is 16.5. The van der Waals surface area contributed by atoms with Crippen LogP contribution >= 0.6 is 0 Å². The molecule has 0 fully saturated rings. The van der Waals surface area contributed by atoms with Gasteiger partial charge >= 0.3 is 5.97 Å². The maximum Gasteiger partial charge on any atom is 0.341 e. The Morgan fingerprint density at radius 3 is 3.00 bits per heavy atom. The van der Waals surface area contributed by atoms with Crippen molar-refractivity contribution < 1.29 is 19.4 Å². The van der Waals surface area contributed by atoms with E-state index in [0.29, 0.717) is 18.7 Å². The lowest BCUT2D eigenvalue weighted by Gasteiger charge is -2.05. The van der Waals surface area contributed by atoms with Crippen LogP contribution in [0.25, 0.3) is 0 Å². The van der Waals surface area contributed by atoms with Crippen molar-refractivity contribution in [1.82, 2.24) is 5.32 Å². The largest absolute Gasteiger partial charge is 0.482 e. The fourth-order valence-electron chi connectivity index (χ4n) is 1.05. The van der Waals surface area contributed by atoms with E-state index in [2.05, 4.69) is 5.32 Å². The van der Waals surface area contributed by atoms with Gasteiger partial charge in [-0.05, 0) is 17.7 Å². The van der Waals surface area contributed by atoms with Gasteiger partial charge in [-0.25, -0.2) is 4.79 Å². The predicted molar refractivity (Wildman–Crippen MR) is 52.5 cm³/mol. The molecule has 0 spiro atoms. The molecule has 0 aliphatic rings. The van der Waals surface area contributed by atoms with Gasteiger partial charge in [0.25, 0.3) is 0 Å². The van der Waals surface area contributed by atoms with E-state index in [0.717, 1.165) is 5.56 Å². The van der Waals surface area contributed by atoms with E-state index < -0.39 is 5.97 Å². The molecule has 5 nitrogen and oxygen atoms in total. The minimum Gasteiger partial charge on any atom is -0.482 e. The van der Waals surface area contributed by atoms with E-state index in [1.54, 1.807) is 18.2 Å². The molecule has 1 amide bonds. The van der Waals surface area contributed by atoms with Gasteiger partial charge in [-0.15, -0.1) is 0 Å². The molecule has 0 atom stereocenters. The maximum absolute atomic E-state index is 10.2. The molecule has 0 bridgehead atoms. The van der Waals surface area contributed by atoms with Crippen LogP contribution in [0.3, 0.4) is 0 Å². The molecule has 0 aliphatic heterocycles. The number of benzene rings is 1. The molecule has 15 heavy (non-hydrogen) atoms. The smallest absolute Gasteiger partial charge is 0.341 e. The van der Waals surface area contributed by atoms with Crippen LogP contribution < -0.4 is 10.1 Å². The topological polar surface area (TPSA) is 75.6 Å². The second-order valence-corrected chi connectivity index (χ2v) is 2.83. The Kier molecular flexibility index (Phi) is 4.15. The summed E-state index contributed by atoms with van der Waals surface area (Å²) < 4.78 is 4.97. The summed E-state index contributed by atoms with van der Waals surface area (Å²) in [4.78, 5) is 20.3. The Balaban J connectivity index is 2.57. The van der Waals surface area contributed by atoms with Crippen LogP contribution in [0, 0.1) is 0 Å². The van der Waals surface area contributed by atoms with Gasteiger partial charge in [0, 0.05) is 6.54 Å². The van der Waals surface area contributed by atoms with Gasteiger partial charge in [-0.1, -0.05) is 12.1 Å². The third-order valence-corrected chi connectivity index (χ3v) is 1.65. The average molecular weight is 209 g/mol. The Bertz CT molecular complexity index is 351. The zero-order valence-electron chi connectivity index (χ0n) is 7.97. The van der Waals surface area contributed by atoms with E-state index in [9.17, 15) is 9.59 Å². The molecule has 1 rings (SSSR count). The number of rotatable bonds is 6. The molecule has 0 heterocycles. The number of ether oxygens (including phenoxy) is 1. The van der Waals surface area contributed by atoms with Gasteiger partial charge < -0.3 is 15.2 Å². The Hall–Kier alpha value is -2.04. The maximum atomic E-state index is 10.2. The van der Waals surface area contributed by atoms with E-state index in [1.165, 1.54) is 0 Å². The fraction of sp³-hybridized carbons (Fsp3) is 0.200. The van der Waals surface area contributed by atoms with Crippen LogP contribution in [0.5, 0.6) is 5.75 Å². The number of carbonyl (C=O) groups excluding carboxylic acids is 1. The van der Waals surface area contributed by atoms with Crippen molar-refractivity contribution in [2.24, 2.45) is 0 Å². The van der Waals surface area contributed by atoms with E-state index >= 15 is 0 Å². The van der Waals surface area contributed by atoms with Gasteiger partial charge in [0.1, 0.15) is 5.75 Å². The molecular formula is C10H11NO4. The minimum absolute atomic E-state index is 0.370. The summed E-state index contributed by atoms with van der Waals surface area (Å²) >= 11 is 0. The van der Waals surface area contributed by atoms with Crippen molar-refractivity contribution in [3.05, 3.63) is 29.8 Å². The van der Waals surface area contributed by atoms with Crippen molar-refractivity contribution >= 4 is 12.4 Å². The van der Waals surface area contributed by atoms with Crippen molar-refractivity contribution in [2.75, 3.05) is 6.61 Å². The summed E-state index contributed by atoms with van der Waals surface area (Å²) in [6.07, 6.45) is 0.602. The summed E-state index contributed by atoms with van der Waals surface area (Å²) in [5.74, 6) is -0.547. The standard InChI is InChI=1S/C10H11NO4/c12-7-11-5-8-2-1-3-9(4-8)15-6-10(13)14/h1-4,7H,5-6H2,(H,11,12)(H,13,14). The van der Waals surface area contributed by atoms with E-state index in [4.69, 9.17) is 9.84 Å². The monoisotopic (exact) mass is 209 g/mol. The van der Waals surface area contributed by atoms with Gasteiger partial charge in [0.05, 0.1) is 0 Å². The molecule has 0 unspecified atom stereocenters. The number of carbonyl (C=O) groups is 2. The van der Waals surface area contributed by atoms with Crippen LogP contribution in [0.15, 0.2) is 24.3 Å². The lowest BCUT2D eigenvalue weighted by Crippen LogP contribution is -2.11. The highest BCUT2D eigenvalue weighted by Crippen LogP contribution is 2.12. The first-order valence-corrected chi connectivity index (χ1v) is 4.33. The van der Waals surface area contributed by atoms with Gasteiger partial charge in [0.2, 0.25) is 6.41 Å². The van der Waals surface area contributed by atoms with Crippen LogP contribution in [0.4, 0.5) is 0 Å². The first-order valence-electron chi connectivity index (χ1n) is 4.33. The SMILES string of the molecule is O=CNCc1cccc(OCC(=O)O)c1. The van der Waals surface area contributed by atoms with Crippen molar-refractivity contribution in [1.29, 1.82) is 0 Å². The summed E-state index contributed by atoms with van der Waals surface area (Å²) in [5, 5.41) is 10.9. The number of hydrogen-bond acceptors (Lipinski definition) is 3. The molecular weight excluding hydrogens is 198 g/mol. The predicted octanol–water partition coefficient (Wildman–Crippen LogP) is 0.396. The normalized spacial score (nSPS) is 9.33. The molecule has 1 aromatic carbocycles. The number of carboxylic acid groups (broad SMARTS) is 1. The van der Waals surface area contributed by atoms with Crippen LogP contribution in [-0.4, -0.2) is 24.1 Å². The molecule has 5 heteroatoms. The quantitative estimate of drug-likeness (QED) is 0.665. The summed E-state index contributed by atoms with van der Waals surface area (Å²) in [6.45, 7) is 0.0261. The fourth-order valence-corrected chi connectivity index (χ4v) is 1.05. The molecule has 2 N–H and O–H groups in total. The van der Waals surface area contributed by atoms with E-state index in [1.807, 2.05) is 6.07 Å². The van der Waals surface area contributed by atoms with Gasteiger partial charge in [0.15, 0.2) is 6.61 Å². The molecule has 0 aromatic heterocycles. The number of carboxylic acids is 1. The van der Waals surface area contributed by atoms with E-state index in [-0.39, 0.29) is 6.61 Å². The molecule has 1 aromatic rings. The summed E-state index contributed by atoms with van der Waals surface area (Å²) in [7, 11) is 0. The molecule has 0 radical (unpaired) electrons. The number of nitrogens with one attached hydrogen (secondary N) is 1. The van der Waals surface area contributed by atoms with Crippen LogP contribution in [-0.2, 0) is 16.1 Å². The first-order chi connectivity index (χ1) is 7.22. The summed E-state index contributed by atoms with van der Waals surface area (Å²) in [5.41, 5.74) is 0.852. The lowest BCUT2D eigenvalue weighted by molar-refractivity contribution is -0.139. The number of amides is 1. The zero-order valence-corrected chi connectivity index (χ0v) is 7.97. The van der Waals surface area contributed by atoms with Crippen LogP contribution in [0.1, 0.15) is 5.56 Å². The first kappa shape index (κ1) is 11.0. The van der Waals surface area contributed by atoms with Crippen molar-refractivity contribution in [3.63, 3.8) is 0 Å². The Morgan fingerprint density at radius 1 is 1.53 bits per heavy atom. The van der Waals surface area contributed by atoms with Crippen LogP contribution in [0.2, 0.25) is 0 Å². The molecule has 80 valence electrons. The molecule has 0 saturated carbocycles. The second-order valence-electron chi connectivity index (χ2n) is 2.83. The molecule has 0 saturated heterocycles. The number of aliphatic carboxylic acids is 1. The van der Waals surface area contributed by atoms with Gasteiger partial charge in [-0.3, -0.25) is 4.79 Å². The Morgan fingerprint density at radius 2 is 2.33 bits per heavy atom. The minimum atomic E-state index is -1.02. The van der Waals surface area contributed by atoms with Crippen molar-refractivity contribution in [3.8, 4) is 5.75 Å². The zero-order chi connectivity index (χ0) is 11.1. The Labute approximate surface area is 86.7 Å². The van der Waals surface area contributed by atoms with Gasteiger partial charge in [-0.2, -0.15) is 0 Å².